The minimum atomic E-state index is -0.533. The van der Waals surface area contributed by atoms with Gasteiger partial charge in [0.1, 0.15) is 11.8 Å². The lowest BCUT2D eigenvalue weighted by molar-refractivity contribution is -0.141. The van der Waals surface area contributed by atoms with Gasteiger partial charge >= 0.3 is 0 Å². The van der Waals surface area contributed by atoms with Crippen LogP contribution in [0.25, 0.3) is 0 Å². The summed E-state index contributed by atoms with van der Waals surface area (Å²) >= 11 is 0. The van der Waals surface area contributed by atoms with E-state index >= 15 is 0 Å². The van der Waals surface area contributed by atoms with Crippen molar-refractivity contribution >= 4 is 11.8 Å². The van der Waals surface area contributed by atoms with Crippen LogP contribution in [0, 0.1) is 0 Å². The van der Waals surface area contributed by atoms with Gasteiger partial charge in [0.2, 0.25) is 11.8 Å². The topological polar surface area (TPSA) is 58.6 Å². The molecule has 35 heavy (non-hydrogen) atoms. The van der Waals surface area contributed by atoms with Crippen LogP contribution in [0.15, 0.2) is 48.5 Å². The predicted octanol–water partition coefficient (Wildman–Crippen LogP) is 5.79. The van der Waals surface area contributed by atoms with E-state index < -0.39 is 6.04 Å². The van der Waals surface area contributed by atoms with Gasteiger partial charge < -0.3 is 15.0 Å². The summed E-state index contributed by atoms with van der Waals surface area (Å²) in [5.41, 5.74) is 3.49. The first kappa shape index (κ1) is 26.8. The van der Waals surface area contributed by atoms with E-state index in [1.54, 1.807) is 12.0 Å². The number of amides is 2. The Hall–Kier alpha value is -2.82. The molecule has 0 aromatic heterocycles. The summed E-state index contributed by atoms with van der Waals surface area (Å²) in [6, 6.07) is 15.9. The summed E-state index contributed by atoms with van der Waals surface area (Å²) in [7, 11) is 1.64. The van der Waals surface area contributed by atoms with Crippen LogP contribution in [0.4, 0.5) is 0 Å². The molecule has 1 N–H and O–H groups in total. The molecule has 0 bridgehead atoms. The number of carbonyl (C=O) groups excluding carboxylic acids is 2. The van der Waals surface area contributed by atoms with E-state index in [2.05, 4.69) is 50.4 Å². The predicted molar refractivity (Wildman–Crippen MR) is 141 cm³/mol. The first-order chi connectivity index (χ1) is 16.7. The molecule has 1 aliphatic carbocycles. The van der Waals surface area contributed by atoms with E-state index in [0.29, 0.717) is 19.4 Å². The SMILES string of the molecule is COc1ccc(CN(C(=O)CCc2ccc(C(C)(C)C)cc2)[C@@H](C)C(=O)NC2CCCCC2)cc1. The van der Waals surface area contributed by atoms with Gasteiger partial charge in [-0.2, -0.15) is 0 Å². The highest BCUT2D eigenvalue weighted by Gasteiger charge is 2.28. The molecular formula is C30H42N2O3. The number of ether oxygens (including phenoxy) is 1. The quantitative estimate of drug-likeness (QED) is 0.496. The van der Waals surface area contributed by atoms with Crippen LogP contribution in [-0.4, -0.2) is 35.9 Å². The molecule has 0 saturated heterocycles. The average molecular weight is 479 g/mol. The van der Waals surface area contributed by atoms with Crippen molar-refractivity contribution in [3.63, 3.8) is 0 Å². The number of hydrogen-bond acceptors (Lipinski definition) is 3. The van der Waals surface area contributed by atoms with Crippen LogP contribution in [0.1, 0.15) is 82.9 Å². The second-order valence-corrected chi connectivity index (χ2v) is 10.8. The molecule has 0 spiro atoms. The van der Waals surface area contributed by atoms with Crippen molar-refractivity contribution in [1.29, 1.82) is 0 Å². The molecule has 1 fully saturated rings. The summed E-state index contributed by atoms with van der Waals surface area (Å²) < 4.78 is 5.26. The van der Waals surface area contributed by atoms with Crippen molar-refractivity contribution in [3.05, 3.63) is 65.2 Å². The summed E-state index contributed by atoms with van der Waals surface area (Å²) in [5.74, 6) is 0.703. The maximum Gasteiger partial charge on any atom is 0.242 e. The minimum absolute atomic E-state index is 0.00740. The van der Waals surface area contributed by atoms with Crippen molar-refractivity contribution in [1.82, 2.24) is 10.2 Å². The van der Waals surface area contributed by atoms with Gasteiger partial charge in [-0.15, -0.1) is 0 Å². The van der Waals surface area contributed by atoms with E-state index in [4.69, 9.17) is 4.74 Å². The van der Waals surface area contributed by atoms with Gasteiger partial charge in [0.15, 0.2) is 0 Å². The van der Waals surface area contributed by atoms with Crippen LogP contribution >= 0.6 is 0 Å². The number of nitrogens with one attached hydrogen (secondary N) is 1. The van der Waals surface area contributed by atoms with Gasteiger partial charge in [0.25, 0.3) is 0 Å². The van der Waals surface area contributed by atoms with Gasteiger partial charge in [-0.05, 0) is 60.4 Å². The zero-order valence-corrected chi connectivity index (χ0v) is 22.1. The number of benzene rings is 2. The highest BCUT2D eigenvalue weighted by molar-refractivity contribution is 5.87. The Kier molecular flexibility index (Phi) is 9.36. The monoisotopic (exact) mass is 478 g/mol. The standard InChI is InChI=1S/C30H42N2O3/c1-22(29(34)31-26-9-7-6-8-10-26)32(21-24-13-18-27(35-5)19-14-24)28(33)20-15-23-11-16-25(17-12-23)30(2,3)4/h11-14,16-19,22,26H,6-10,15,20-21H2,1-5H3,(H,31,34)/t22-/m0/s1. The molecule has 1 atom stereocenters. The fourth-order valence-corrected chi connectivity index (χ4v) is 4.65. The average Bonchev–Trinajstić information content (AvgIpc) is 2.86. The van der Waals surface area contributed by atoms with E-state index in [-0.39, 0.29) is 23.3 Å². The van der Waals surface area contributed by atoms with Gasteiger partial charge in [-0.3, -0.25) is 9.59 Å². The van der Waals surface area contributed by atoms with Crippen LogP contribution in [0.3, 0.4) is 0 Å². The highest BCUT2D eigenvalue weighted by Crippen LogP contribution is 2.23. The van der Waals surface area contributed by atoms with Crippen molar-refractivity contribution in [3.8, 4) is 5.75 Å². The smallest absolute Gasteiger partial charge is 0.242 e. The van der Waals surface area contributed by atoms with Gasteiger partial charge in [-0.1, -0.05) is 76.4 Å². The van der Waals surface area contributed by atoms with Gasteiger partial charge in [-0.25, -0.2) is 0 Å². The van der Waals surface area contributed by atoms with Crippen molar-refractivity contribution in [2.45, 2.75) is 96.7 Å². The molecule has 2 aromatic rings. The lowest BCUT2D eigenvalue weighted by atomic mass is 9.86. The molecule has 0 unspecified atom stereocenters. The fourth-order valence-electron chi connectivity index (χ4n) is 4.65. The molecule has 2 amide bonds. The molecule has 5 heteroatoms. The Balaban J connectivity index is 1.70. The molecule has 3 rings (SSSR count). The first-order valence-electron chi connectivity index (χ1n) is 13.0. The Morgan fingerprint density at radius 3 is 2.14 bits per heavy atom. The zero-order valence-electron chi connectivity index (χ0n) is 22.1. The molecule has 5 nitrogen and oxygen atoms in total. The van der Waals surface area contributed by atoms with E-state index in [1.165, 1.54) is 12.0 Å². The number of aryl methyl sites for hydroxylation is 1. The van der Waals surface area contributed by atoms with E-state index in [9.17, 15) is 9.59 Å². The van der Waals surface area contributed by atoms with Gasteiger partial charge in [0.05, 0.1) is 7.11 Å². The van der Waals surface area contributed by atoms with Crippen LogP contribution in [0.2, 0.25) is 0 Å². The van der Waals surface area contributed by atoms with Crippen LogP contribution in [-0.2, 0) is 28.0 Å². The highest BCUT2D eigenvalue weighted by atomic mass is 16.5. The second-order valence-electron chi connectivity index (χ2n) is 10.8. The normalized spacial score (nSPS) is 15.3. The fraction of sp³-hybridized carbons (Fsp3) is 0.533. The lowest BCUT2D eigenvalue weighted by Gasteiger charge is -2.31. The maximum atomic E-state index is 13.4. The molecule has 0 radical (unpaired) electrons. The van der Waals surface area contributed by atoms with Gasteiger partial charge in [0, 0.05) is 19.0 Å². The molecule has 190 valence electrons. The minimum Gasteiger partial charge on any atom is -0.497 e. The summed E-state index contributed by atoms with van der Waals surface area (Å²) in [5, 5.41) is 3.20. The molecule has 2 aromatic carbocycles. The largest absolute Gasteiger partial charge is 0.497 e. The van der Waals surface area contributed by atoms with Crippen molar-refractivity contribution in [2.24, 2.45) is 0 Å². The third kappa shape index (κ3) is 7.84. The number of carbonyl (C=O) groups is 2. The maximum absolute atomic E-state index is 13.4. The van der Waals surface area contributed by atoms with Crippen molar-refractivity contribution in [2.75, 3.05) is 7.11 Å². The zero-order chi connectivity index (χ0) is 25.4. The number of hydrogen-bond donors (Lipinski definition) is 1. The third-order valence-electron chi connectivity index (χ3n) is 7.08. The molecule has 0 aliphatic heterocycles. The Morgan fingerprint density at radius 2 is 1.57 bits per heavy atom. The van der Waals surface area contributed by atoms with Crippen LogP contribution in [0.5, 0.6) is 5.75 Å². The van der Waals surface area contributed by atoms with Crippen molar-refractivity contribution < 1.29 is 14.3 Å². The lowest BCUT2D eigenvalue weighted by Crippen LogP contribution is -2.50. The van der Waals surface area contributed by atoms with E-state index in [1.807, 2.05) is 31.2 Å². The summed E-state index contributed by atoms with van der Waals surface area (Å²) in [6.45, 7) is 8.83. The number of methoxy groups -OCH3 is 1. The van der Waals surface area contributed by atoms with E-state index in [0.717, 1.165) is 42.6 Å². The van der Waals surface area contributed by atoms with Crippen LogP contribution < -0.4 is 10.1 Å². The number of nitrogens with zero attached hydrogens (tertiary/aromatic N) is 1. The molecular weight excluding hydrogens is 436 g/mol. The second kappa shape index (κ2) is 12.2. The Bertz CT molecular complexity index is 955. The Labute approximate surface area is 211 Å². The Morgan fingerprint density at radius 1 is 0.971 bits per heavy atom. The molecule has 1 saturated carbocycles. The third-order valence-corrected chi connectivity index (χ3v) is 7.08. The molecule has 1 aliphatic rings. The summed E-state index contributed by atoms with van der Waals surface area (Å²) in [4.78, 5) is 28.3. The summed E-state index contributed by atoms with van der Waals surface area (Å²) in [6.07, 6.45) is 6.61. The first-order valence-corrected chi connectivity index (χ1v) is 13.0. The molecule has 0 heterocycles. The number of rotatable bonds is 9.